The maximum atomic E-state index is 5.48. The van der Waals surface area contributed by atoms with Gasteiger partial charge in [0.2, 0.25) is 0 Å². The molecule has 1 aromatic heterocycles. The first-order valence-corrected chi connectivity index (χ1v) is 3.43. The summed E-state index contributed by atoms with van der Waals surface area (Å²) in [6.07, 6.45) is 3.73. The normalized spacial score (nSPS) is 13.5. The van der Waals surface area contributed by atoms with Gasteiger partial charge in [-0.3, -0.25) is 0 Å². The second-order valence-electron chi connectivity index (χ2n) is 2.53. The monoisotopic (exact) mass is 139 g/mol. The molecule has 0 aliphatic rings. The second-order valence-corrected chi connectivity index (χ2v) is 2.53. The quantitative estimate of drug-likeness (QED) is 0.647. The summed E-state index contributed by atoms with van der Waals surface area (Å²) < 4.78 is 2.00. The third-order valence-electron chi connectivity index (χ3n) is 1.65. The van der Waals surface area contributed by atoms with Gasteiger partial charge in [-0.1, -0.05) is 6.92 Å². The van der Waals surface area contributed by atoms with Crippen molar-refractivity contribution in [1.29, 1.82) is 0 Å². The van der Waals surface area contributed by atoms with Crippen LogP contribution in [0.25, 0.3) is 0 Å². The Balaban J connectivity index is 2.82. The molecule has 0 aliphatic heterocycles. The summed E-state index contributed by atoms with van der Waals surface area (Å²) in [5.41, 5.74) is 5.48. The first kappa shape index (κ1) is 7.28. The van der Waals surface area contributed by atoms with E-state index in [0.29, 0.717) is 12.5 Å². The molecule has 1 unspecified atom stereocenters. The van der Waals surface area contributed by atoms with Crippen LogP contribution in [0.2, 0.25) is 0 Å². The van der Waals surface area contributed by atoms with E-state index in [1.165, 1.54) is 0 Å². The van der Waals surface area contributed by atoms with Crippen LogP contribution in [0.3, 0.4) is 0 Å². The minimum absolute atomic E-state index is 0.361. The van der Waals surface area contributed by atoms with Gasteiger partial charge in [-0.15, -0.1) is 0 Å². The summed E-state index contributed by atoms with van der Waals surface area (Å²) in [6, 6.07) is 0. The minimum Gasteiger partial charge on any atom is -0.338 e. The van der Waals surface area contributed by atoms with E-state index in [1.54, 1.807) is 6.20 Å². The summed E-state index contributed by atoms with van der Waals surface area (Å²) in [4.78, 5) is 4.17. The molecule has 1 rings (SSSR count). The van der Waals surface area contributed by atoms with E-state index >= 15 is 0 Å². The highest BCUT2D eigenvalue weighted by atomic mass is 15.0. The Labute approximate surface area is 60.9 Å². The zero-order valence-electron chi connectivity index (χ0n) is 6.41. The van der Waals surface area contributed by atoms with Crippen molar-refractivity contribution in [1.82, 2.24) is 9.55 Å². The number of nitrogens with two attached hydrogens (primary N) is 1. The zero-order valence-corrected chi connectivity index (χ0v) is 6.41. The first-order chi connectivity index (χ1) is 4.75. The molecule has 10 heavy (non-hydrogen) atoms. The van der Waals surface area contributed by atoms with Gasteiger partial charge in [-0.05, 0) is 0 Å². The molecule has 1 atom stereocenters. The lowest BCUT2D eigenvalue weighted by Gasteiger charge is -2.06. The number of rotatable bonds is 2. The Hall–Kier alpha value is -0.830. The molecule has 0 spiro atoms. The minimum atomic E-state index is 0.361. The number of imidazole rings is 1. The predicted molar refractivity (Wildman–Crippen MR) is 40.7 cm³/mol. The SMILES string of the molecule is CC(CN)c1nccn1C. The molecule has 0 saturated carbocycles. The van der Waals surface area contributed by atoms with E-state index in [0.717, 1.165) is 5.82 Å². The number of aromatic nitrogens is 2. The maximum Gasteiger partial charge on any atom is 0.112 e. The van der Waals surface area contributed by atoms with Gasteiger partial charge in [0.15, 0.2) is 0 Å². The van der Waals surface area contributed by atoms with Crippen LogP contribution in [-0.2, 0) is 7.05 Å². The Morgan fingerprint density at radius 1 is 1.80 bits per heavy atom. The van der Waals surface area contributed by atoms with Gasteiger partial charge in [0.05, 0.1) is 0 Å². The van der Waals surface area contributed by atoms with E-state index < -0.39 is 0 Å². The van der Waals surface area contributed by atoms with Crippen LogP contribution >= 0.6 is 0 Å². The molecular formula is C7H13N3. The van der Waals surface area contributed by atoms with Gasteiger partial charge < -0.3 is 10.3 Å². The molecule has 0 fully saturated rings. The van der Waals surface area contributed by atoms with Crippen molar-refractivity contribution in [2.24, 2.45) is 12.8 Å². The molecule has 0 amide bonds. The Bertz CT molecular complexity index is 204. The lowest BCUT2D eigenvalue weighted by atomic mass is 10.2. The second kappa shape index (κ2) is 2.84. The molecule has 1 heterocycles. The van der Waals surface area contributed by atoms with E-state index in [1.807, 2.05) is 17.8 Å². The fourth-order valence-electron chi connectivity index (χ4n) is 0.957. The number of hydrogen-bond donors (Lipinski definition) is 1. The van der Waals surface area contributed by atoms with Crippen molar-refractivity contribution in [2.75, 3.05) is 6.54 Å². The van der Waals surface area contributed by atoms with Crippen LogP contribution in [-0.4, -0.2) is 16.1 Å². The smallest absolute Gasteiger partial charge is 0.112 e. The third kappa shape index (κ3) is 1.19. The van der Waals surface area contributed by atoms with E-state index in [-0.39, 0.29) is 0 Å². The molecule has 1 aromatic rings. The van der Waals surface area contributed by atoms with Gasteiger partial charge in [0.25, 0.3) is 0 Å². The summed E-state index contributed by atoms with van der Waals surface area (Å²) >= 11 is 0. The van der Waals surface area contributed by atoms with Gasteiger partial charge in [-0.2, -0.15) is 0 Å². The highest BCUT2D eigenvalue weighted by Crippen LogP contribution is 2.08. The van der Waals surface area contributed by atoms with Crippen molar-refractivity contribution in [2.45, 2.75) is 12.8 Å². The Morgan fingerprint density at radius 3 is 2.90 bits per heavy atom. The number of hydrogen-bond acceptors (Lipinski definition) is 2. The largest absolute Gasteiger partial charge is 0.338 e. The van der Waals surface area contributed by atoms with Crippen LogP contribution in [0.1, 0.15) is 18.7 Å². The van der Waals surface area contributed by atoms with E-state index in [9.17, 15) is 0 Å². The van der Waals surface area contributed by atoms with Crippen molar-refractivity contribution in [3.05, 3.63) is 18.2 Å². The topological polar surface area (TPSA) is 43.8 Å². The highest BCUT2D eigenvalue weighted by molar-refractivity contribution is 4.98. The fourth-order valence-corrected chi connectivity index (χ4v) is 0.957. The van der Waals surface area contributed by atoms with Gasteiger partial charge >= 0.3 is 0 Å². The van der Waals surface area contributed by atoms with E-state index in [2.05, 4.69) is 11.9 Å². The maximum absolute atomic E-state index is 5.48. The van der Waals surface area contributed by atoms with Crippen LogP contribution < -0.4 is 5.73 Å². The highest BCUT2D eigenvalue weighted by Gasteiger charge is 2.06. The van der Waals surface area contributed by atoms with Crippen molar-refractivity contribution in [3.8, 4) is 0 Å². The average molecular weight is 139 g/mol. The summed E-state index contributed by atoms with van der Waals surface area (Å²) in [7, 11) is 1.98. The summed E-state index contributed by atoms with van der Waals surface area (Å²) in [5.74, 6) is 1.42. The predicted octanol–water partition coefficient (Wildman–Crippen LogP) is 0.482. The van der Waals surface area contributed by atoms with Crippen LogP contribution in [0.15, 0.2) is 12.4 Å². The summed E-state index contributed by atoms with van der Waals surface area (Å²) in [5, 5.41) is 0. The molecular weight excluding hydrogens is 126 g/mol. The fraction of sp³-hybridized carbons (Fsp3) is 0.571. The molecule has 2 N–H and O–H groups in total. The van der Waals surface area contributed by atoms with Gasteiger partial charge in [0.1, 0.15) is 5.82 Å². The van der Waals surface area contributed by atoms with Crippen LogP contribution in [0.4, 0.5) is 0 Å². The van der Waals surface area contributed by atoms with Crippen LogP contribution in [0, 0.1) is 0 Å². The molecule has 0 saturated heterocycles. The third-order valence-corrected chi connectivity index (χ3v) is 1.65. The molecule has 0 aliphatic carbocycles. The van der Waals surface area contributed by atoms with Crippen LogP contribution in [0.5, 0.6) is 0 Å². The van der Waals surface area contributed by atoms with Crippen molar-refractivity contribution in [3.63, 3.8) is 0 Å². The lowest BCUT2D eigenvalue weighted by Crippen LogP contribution is -2.12. The standard InChI is InChI=1S/C7H13N3/c1-6(5-8)7-9-3-4-10(7)2/h3-4,6H,5,8H2,1-2H3. The Morgan fingerprint density at radius 2 is 2.50 bits per heavy atom. The molecule has 3 heteroatoms. The first-order valence-electron chi connectivity index (χ1n) is 3.43. The number of nitrogens with zero attached hydrogens (tertiary/aromatic N) is 2. The molecule has 0 bridgehead atoms. The Kier molecular flexibility index (Phi) is 2.06. The molecule has 0 radical (unpaired) electrons. The van der Waals surface area contributed by atoms with Crippen molar-refractivity contribution < 1.29 is 0 Å². The molecule has 56 valence electrons. The average Bonchev–Trinajstić information content (AvgIpc) is 2.34. The van der Waals surface area contributed by atoms with Gasteiger partial charge in [0, 0.05) is 31.9 Å². The molecule has 0 aromatic carbocycles. The van der Waals surface area contributed by atoms with Gasteiger partial charge in [-0.25, -0.2) is 4.98 Å². The lowest BCUT2D eigenvalue weighted by molar-refractivity contribution is 0.668. The van der Waals surface area contributed by atoms with E-state index in [4.69, 9.17) is 5.73 Å². The summed E-state index contributed by atoms with van der Waals surface area (Å²) in [6.45, 7) is 2.73. The van der Waals surface area contributed by atoms with Crippen molar-refractivity contribution >= 4 is 0 Å². The number of aryl methyl sites for hydroxylation is 1. The molecule has 3 nitrogen and oxygen atoms in total. The zero-order chi connectivity index (χ0) is 7.56.